The zero-order valence-corrected chi connectivity index (χ0v) is 11.6. The molecule has 108 valence electrons. The monoisotopic (exact) mass is 285 g/mol. The van der Waals surface area contributed by atoms with Gasteiger partial charge in [-0.2, -0.15) is 0 Å². The Morgan fingerprint density at radius 2 is 2.14 bits per heavy atom. The van der Waals surface area contributed by atoms with Gasteiger partial charge in [0.05, 0.1) is 5.56 Å². The predicted octanol–water partition coefficient (Wildman–Crippen LogP) is 1.34. The highest BCUT2D eigenvalue weighted by molar-refractivity contribution is 5.88. The normalized spacial score (nSPS) is 13.9. The van der Waals surface area contributed by atoms with Gasteiger partial charge >= 0.3 is 5.97 Å². The SMILES string of the molecule is Cc1nc(N2CCc3ccc(C(=O)O)cc3C2)cc(=O)[nH]1. The number of hydrogen-bond donors (Lipinski definition) is 2. The van der Waals surface area contributed by atoms with E-state index in [0.717, 1.165) is 24.1 Å². The number of nitrogens with zero attached hydrogens (tertiary/aromatic N) is 2. The second-order valence-electron chi connectivity index (χ2n) is 5.15. The van der Waals surface area contributed by atoms with Crippen LogP contribution in [-0.4, -0.2) is 27.6 Å². The molecule has 1 aliphatic heterocycles. The molecule has 0 amide bonds. The quantitative estimate of drug-likeness (QED) is 0.869. The van der Waals surface area contributed by atoms with E-state index in [0.29, 0.717) is 18.2 Å². The van der Waals surface area contributed by atoms with Crippen molar-refractivity contribution in [3.63, 3.8) is 0 Å². The van der Waals surface area contributed by atoms with Crippen LogP contribution < -0.4 is 10.5 Å². The molecule has 2 heterocycles. The van der Waals surface area contributed by atoms with Crippen LogP contribution in [-0.2, 0) is 13.0 Å². The lowest BCUT2D eigenvalue weighted by Crippen LogP contribution is -2.32. The first-order valence-corrected chi connectivity index (χ1v) is 6.71. The van der Waals surface area contributed by atoms with Crippen molar-refractivity contribution in [3.8, 4) is 0 Å². The van der Waals surface area contributed by atoms with Gasteiger partial charge in [0.15, 0.2) is 0 Å². The van der Waals surface area contributed by atoms with E-state index in [9.17, 15) is 9.59 Å². The van der Waals surface area contributed by atoms with Gasteiger partial charge in [0.25, 0.3) is 5.56 Å². The van der Waals surface area contributed by atoms with Crippen LogP contribution in [0.1, 0.15) is 27.3 Å². The topological polar surface area (TPSA) is 86.3 Å². The number of hydrogen-bond acceptors (Lipinski definition) is 4. The minimum absolute atomic E-state index is 0.178. The lowest BCUT2D eigenvalue weighted by molar-refractivity contribution is 0.0696. The molecule has 0 fully saturated rings. The Morgan fingerprint density at radius 3 is 2.86 bits per heavy atom. The molecule has 3 rings (SSSR count). The van der Waals surface area contributed by atoms with Gasteiger partial charge in [-0.05, 0) is 36.6 Å². The van der Waals surface area contributed by atoms with Gasteiger partial charge in [0, 0.05) is 19.2 Å². The van der Waals surface area contributed by atoms with Crippen LogP contribution in [0.2, 0.25) is 0 Å². The van der Waals surface area contributed by atoms with Crippen LogP contribution >= 0.6 is 0 Å². The summed E-state index contributed by atoms with van der Waals surface area (Å²) in [7, 11) is 0. The zero-order valence-electron chi connectivity index (χ0n) is 11.6. The van der Waals surface area contributed by atoms with Crippen LogP contribution in [0.5, 0.6) is 0 Å². The van der Waals surface area contributed by atoms with Gasteiger partial charge in [0.2, 0.25) is 0 Å². The molecule has 0 radical (unpaired) electrons. The number of aromatic amines is 1. The van der Waals surface area contributed by atoms with Crippen molar-refractivity contribution in [3.05, 3.63) is 57.1 Å². The molecule has 0 saturated carbocycles. The molecule has 1 aromatic carbocycles. The van der Waals surface area contributed by atoms with Crippen LogP contribution in [0.25, 0.3) is 0 Å². The summed E-state index contributed by atoms with van der Waals surface area (Å²) in [6, 6.07) is 6.67. The summed E-state index contributed by atoms with van der Waals surface area (Å²) >= 11 is 0. The molecule has 0 unspecified atom stereocenters. The van der Waals surface area contributed by atoms with Crippen molar-refractivity contribution in [1.29, 1.82) is 0 Å². The molecule has 0 spiro atoms. The fourth-order valence-corrected chi connectivity index (χ4v) is 2.61. The average molecular weight is 285 g/mol. The number of aromatic nitrogens is 2. The van der Waals surface area contributed by atoms with Crippen LogP contribution in [0, 0.1) is 6.92 Å². The van der Waals surface area contributed by atoms with E-state index < -0.39 is 5.97 Å². The predicted molar refractivity (Wildman–Crippen MR) is 77.8 cm³/mol. The Hall–Kier alpha value is -2.63. The molecular formula is C15H15N3O3. The average Bonchev–Trinajstić information content (AvgIpc) is 2.45. The number of carbonyl (C=O) groups is 1. The zero-order chi connectivity index (χ0) is 15.0. The Kier molecular flexibility index (Phi) is 3.21. The van der Waals surface area contributed by atoms with Crippen molar-refractivity contribution in [1.82, 2.24) is 9.97 Å². The van der Waals surface area contributed by atoms with Gasteiger partial charge < -0.3 is 15.0 Å². The van der Waals surface area contributed by atoms with Crippen molar-refractivity contribution >= 4 is 11.8 Å². The van der Waals surface area contributed by atoms with Gasteiger partial charge in [-0.25, -0.2) is 9.78 Å². The molecule has 2 N–H and O–H groups in total. The van der Waals surface area contributed by atoms with Gasteiger partial charge in [-0.15, -0.1) is 0 Å². The Balaban J connectivity index is 1.94. The van der Waals surface area contributed by atoms with E-state index in [1.54, 1.807) is 19.1 Å². The van der Waals surface area contributed by atoms with Crippen molar-refractivity contribution in [2.24, 2.45) is 0 Å². The van der Waals surface area contributed by atoms with E-state index in [4.69, 9.17) is 5.11 Å². The number of fused-ring (bicyclic) bond motifs is 1. The minimum Gasteiger partial charge on any atom is -0.478 e. The molecule has 0 bridgehead atoms. The molecule has 0 atom stereocenters. The third kappa shape index (κ3) is 2.65. The van der Waals surface area contributed by atoms with Gasteiger partial charge in [0.1, 0.15) is 11.6 Å². The van der Waals surface area contributed by atoms with Gasteiger partial charge in [-0.3, -0.25) is 4.79 Å². The molecule has 1 aromatic heterocycles. The molecule has 6 heteroatoms. The number of rotatable bonds is 2. The molecule has 0 saturated heterocycles. The lowest BCUT2D eigenvalue weighted by Gasteiger charge is -2.30. The fraction of sp³-hybridized carbons (Fsp3) is 0.267. The number of carboxylic acids is 1. The highest BCUT2D eigenvalue weighted by Crippen LogP contribution is 2.23. The summed E-state index contributed by atoms with van der Waals surface area (Å²) in [5.41, 5.74) is 2.23. The van der Waals surface area contributed by atoms with E-state index >= 15 is 0 Å². The first-order valence-electron chi connectivity index (χ1n) is 6.71. The third-order valence-electron chi connectivity index (χ3n) is 3.64. The number of aryl methyl sites for hydroxylation is 1. The highest BCUT2D eigenvalue weighted by atomic mass is 16.4. The maximum absolute atomic E-state index is 11.5. The van der Waals surface area contributed by atoms with Crippen molar-refractivity contribution in [2.45, 2.75) is 19.9 Å². The molecule has 2 aromatic rings. The molecule has 1 aliphatic rings. The number of nitrogens with one attached hydrogen (secondary N) is 1. The number of benzene rings is 1. The maximum atomic E-state index is 11.5. The van der Waals surface area contributed by atoms with E-state index in [-0.39, 0.29) is 11.1 Å². The summed E-state index contributed by atoms with van der Waals surface area (Å²) in [6.45, 7) is 3.06. The summed E-state index contributed by atoms with van der Waals surface area (Å²) < 4.78 is 0. The molecular weight excluding hydrogens is 270 g/mol. The summed E-state index contributed by atoms with van der Waals surface area (Å²) in [4.78, 5) is 31.6. The molecule has 21 heavy (non-hydrogen) atoms. The van der Waals surface area contributed by atoms with E-state index in [1.165, 1.54) is 6.07 Å². The van der Waals surface area contributed by atoms with Crippen molar-refractivity contribution in [2.75, 3.05) is 11.4 Å². The van der Waals surface area contributed by atoms with Gasteiger partial charge in [-0.1, -0.05) is 6.07 Å². The van der Waals surface area contributed by atoms with E-state index in [2.05, 4.69) is 9.97 Å². The number of aromatic carboxylic acids is 1. The standard InChI is InChI=1S/C15H15N3O3/c1-9-16-13(7-14(19)17-9)18-5-4-10-2-3-11(15(20)21)6-12(10)8-18/h2-3,6-7H,4-5,8H2,1H3,(H,20,21)(H,16,17,19). The molecule has 6 nitrogen and oxygen atoms in total. The van der Waals surface area contributed by atoms with Crippen LogP contribution in [0.3, 0.4) is 0 Å². The van der Waals surface area contributed by atoms with Crippen molar-refractivity contribution < 1.29 is 9.90 Å². The number of anilines is 1. The van der Waals surface area contributed by atoms with Crippen LogP contribution in [0.15, 0.2) is 29.1 Å². The summed E-state index contributed by atoms with van der Waals surface area (Å²) in [6.07, 6.45) is 0.808. The molecule has 0 aliphatic carbocycles. The third-order valence-corrected chi connectivity index (χ3v) is 3.64. The second-order valence-corrected chi connectivity index (χ2v) is 5.15. The Morgan fingerprint density at radius 1 is 1.33 bits per heavy atom. The van der Waals surface area contributed by atoms with Crippen LogP contribution in [0.4, 0.5) is 5.82 Å². The maximum Gasteiger partial charge on any atom is 0.335 e. The summed E-state index contributed by atoms with van der Waals surface area (Å²) in [5, 5.41) is 9.07. The fourth-order valence-electron chi connectivity index (χ4n) is 2.61. The first-order chi connectivity index (χ1) is 10.0. The minimum atomic E-state index is -0.931. The highest BCUT2D eigenvalue weighted by Gasteiger charge is 2.19. The van der Waals surface area contributed by atoms with E-state index in [1.807, 2.05) is 11.0 Å². The number of carboxylic acid groups (broad SMARTS) is 1. The first kappa shape index (κ1) is 13.4. The number of H-pyrrole nitrogens is 1. The second kappa shape index (κ2) is 5.05. The Labute approximate surface area is 121 Å². The smallest absolute Gasteiger partial charge is 0.335 e. The Bertz CT molecular complexity index is 767. The lowest BCUT2D eigenvalue weighted by atomic mass is 9.97. The largest absolute Gasteiger partial charge is 0.478 e. The summed E-state index contributed by atoms with van der Waals surface area (Å²) in [5.74, 6) is 0.269.